The maximum Gasteiger partial charge on any atom is 0.305 e. The minimum absolute atomic E-state index is 0.00158. The van der Waals surface area contributed by atoms with Gasteiger partial charge < -0.3 is 9.40 Å². The third-order valence-electron chi connectivity index (χ3n) is 3.17. The van der Waals surface area contributed by atoms with E-state index in [4.69, 9.17) is 4.42 Å². The van der Waals surface area contributed by atoms with E-state index in [0.717, 1.165) is 24.2 Å². The third kappa shape index (κ3) is 2.46. The van der Waals surface area contributed by atoms with Crippen LogP contribution in [0.1, 0.15) is 24.3 Å². The minimum Gasteiger partial charge on any atom is -0.468 e. The number of H-pyrrole nitrogens is 1. The fourth-order valence-electron chi connectivity index (χ4n) is 2.07. The lowest BCUT2D eigenvalue weighted by Crippen LogP contribution is -2.32. The van der Waals surface area contributed by atoms with Gasteiger partial charge in [-0.05, 0) is 31.9 Å². The molecule has 0 saturated heterocycles. The first-order valence-electron chi connectivity index (χ1n) is 6.22. The van der Waals surface area contributed by atoms with Crippen molar-refractivity contribution in [3.63, 3.8) is 0 Å². The summed E-state index contributed by atoms with van der Waals surface area (Å²) < 4.78 is 32.2. The van der Waals surface area contributed by atoms with Crippen molar-refractivity contribution < 1.29 is 12.8 Å². The Labute approximate surface area is 120 Å². The van der Waals surface area contributed by atoms with Gasteiger partial charge in [0, 0.05) is 11.7 Å². The number of aromatic amines is 1. The predicted molar refractivity (Wildman–Crippen MR) is 74.1 cm³/mol. The second-order valence-corrected chi connectivity index (χ2v) is 7.86. The van der Waals surface area contributed by atoms with Gasteiger partial charge in [0.15, 0.2) is 4.21 Å². The van der Waals surface area contributed by atoms with Crippen LogP contribution in [-0.2, 0) is 16.6 Å². The summed E-state index contributed by atoms with van der Waals surface area (Å²) in [4.78, 5) is 13.5. The van der Waals surface area contributed by atoms with Crippen LogP contribution in [0, 0.1) is 6.92 Å². The van der Waals surface area contributed by atoms with Crippen LogP contribution in [0.15, 0.2) is 31.8 Å². The lowest BCUT2D eigenvalue weighted by Gasteiger charge is -2.20. The zero-order valence-electron chi connectivity index (χ0n) is 10.8. The zero-order valence-corrected chi connectivity index (χ0v) is 12.5. The predicted octanol–water partition coefficient (Wildman–Crippen LogP) is 1.69. The van der Waals surface area contributed by atoms with E-state index in [1.807, 2.05) is 0 Å². The second kappa shape index (κ2) is 4.87. The first kappa shape index (κ1) is 13.6. The Hall–Kier alpha value is -1.38. The zero-order chi connectivity index (χ0) is 14.3. The van der Waals surface area contributed by atoms with E-state index < -0.39 is 10.0 Å². The Morgan fingerprint density at radius 3 is 2.75 bits per heavy atom. The van der Waals surface area contributed by atoms with Gasteiger partial charge in [-0.1, -0.05) is 11.3 Å². The molecule has 2 heterocycles. The highest BCUT2D eigenvalue weighted by Crippen LogP contribution is 2.34. The van der Waals surface area contributed by atoms with Gasteiger partial charge in [-0.25, -0.2) is 8.42 Å². The molecule has 20 heavy (non-hydrogen) atoms. The molecule has 108 valence electrons. The molecule has 0 atom stereocenters. The number of hydrogen-bond donors (Lipinski definition) is 1. The van der Waals surface area contributed by atoms with Crippen LogP contribution in [0.2, 0.25) is 0 Å². The van der Waals surface area contributed by atoms with Crippen molar-refractivity contribution in [3.05, 3.63) is 39.5 Å². The van der Waals surface area contributed by atoms with Gasteiger partial charge >= 0.3 is 4.87 Å². The van der Waals surface area contributed by atoms with Gasteiger partial charge in [0.05, 0.1) is 12.8 Å². The molecule has 1 N–H and O–H groups in total. The molecule has 6 nitrogen and oxygen atoms in total. The van der Waals surface area contributed by atoms with E-state index in [1.165, 1.54) is 10.6 Å². The highest BCUT2D eigenvalue weighted by Gasteiger charge is 2.40. The molecule has 0 radical (unpaired) electrons. The summed E-state index contributed by atoms with van der Waals surface area (Å²) in [6, 6.07) is 3.48. The molecule has 1 aliphatic rings. The number of rotatable bonds is 5. The summed E-state index contributed by atoms with van der Waals surface area (Å²) in [6.07, 6.45) is 3.21. The van der Waals surface area contributed by atoms with E-state index in [9.17, 15) is 13.2 Å². The van der Waals surface area contributed by atoms with Gasteiger partial charge in [0.25, 0.3) is 10.0 Å². The Bertz CT molecular complexity index is 754. The normalized spacial score (nSPS) is 15.9. The van der Waals surface area contributed by atoms with Crippen LogP contribution in [0.25, 0.3) is 0 Å². The molecule has 0 unspecified atom stereocenters. The number of hydrogen-bond acceptors (Lipinski definition) is 5. The molecule has 1 aliphatic carbocycles. The molecule has 0 aromatic carbocycles. The van der Waals surface area contributed by atoms with Crippen LogP contribution in [0.5, 0.6) is 0 Å². The van der Waals surface area contributed by atoms with Crippen molar-refractivity contribution in [2.75, 3.05) is 0 Å². The fraction of sp³-hybridized carbons (Fsp3) is 0.417. The topological polar surface area (TPSA) is 83.4 Å². The van der Waals surface area contributed by atoms with Gasteiger partial charge in [-0.2, -0.15) is 4.31 Å². The highest BCUT2D eigenvalue weighted by atomic mass is 32.2. The summed E-state index contributed by atoms with van der Waals surface area (Å²) in [5.41, 5.74) is 0.394. The first-order valence-corrected chi connectivity index (χ1v) is 8.48. The number of furan rings is 1. The SMILES string of the molecule is Cc1[nH]c(=O)sc1S(=O)(=O)N(Cc1ccco1)C1CC1. The molecule has 2 aromatic rings. The number of thiazole rings is 1. The smallest absolute Gasteiger partial charge is 0.305 e. The Morgan fingerprint density at radius 1 is 1.50 bits per heavy atom. The van der Waals surface area contributed by atoms with E-state index in [0.29, 0.717) is 11.5 Å². The first-order chi connectivity index (χ1) is 9.48. The second-order valence-electron chi connectivity index (χ2n) is 4.79. The third-order valence-corrected chi connectivity index (χ3v) is 6.65. The molecule has 1 fully saturated rings. The fourth-order valence-corrected chi connectivity index (χ4v) is 5.14. The van der Waals surface area contributed by atoms with Crippen molar-refractivity contribution in [1.82, 2.24) is 9.29 Å². The molecule has 0 aliphatic heterocycles. The number of aromatic nitrogens is 1. The van der Waals surface area contributed by atoms with Crippen LogP contribution in [0.4, 0.5) is 0 Å². The Balaban J connectivity index is 1.98. The van der Waals surface area contributed by atoms with Gasteiger partial charge in [0.1, 0.15) is 5.76 Å². The van der Waals surface area contributed by atoms with E-state index in [-0.39, 0.29) is 21.7 Å². The lowest BCUT2D eigenvalue weighted by molar-refractivity contribution is 0.357. The van der Waals surface area contributed by atoms with E-state index >= 15 is 0 Å². The monoisotopic (exact) mass is 314 g/mol. The average Bonchev–Trinajstić information content (AvgIpc) is 2.96. The average molecular weight is 314 g/mol. The van der Waals surface area contributed by atoms with Crippen molar-refractivity contribution in [3.8, 4) is 0 Å². The quantitative estimate of drug-likeness (QED) is 0.910. The summed E-state index contributed by atoms with van der Waals surface area (Å²) in [5, 5.41) is 0. The summed E-state index contributed by atoms with van der Waals surface area (Å²) >= 11 is 0.736. The standard InChI is InChI=1S/C12H14N2O4S2/c1-8-11(19-12(15)13-8)20(16,17)14(9-4-5-9)7-10-3-2-6-18-10/h2-3,6,9H,4-5,7H2,1H3,(H,13,15). The van der Waals surface area contributed by atoms with Gasteiger partial charge in [0.2, 0.25) is 0 Å². The summed E-state index contributed by atoms with van der Waals surface area (Å²) in [6.45, 7) is 1.80. The molecule has 0 amide bonds. The van der Waals surface area contributed by atoms with Crippen molar-refractivity contribution >= 4 is 21.4 Å². The molecule has 3 rings (SSSR count). The summed E-state index contributed by atoms with van der Waals surface area (Å²) in [5.74, 6) is 0.598. The largest absolute Gasteiger partial charge is 0.468 e. The number of nitrogens with one attached hydrogen (secondary N) is 1. The van der Waals surface area contributed by atoms with Crippen molar-refractivity contribution in [2.45, 2.75) is 36.6 Å². The highest BCUT2D eigenvalue weighted by molar-refractivity contribution is 7.91. The Kier molecular flexibility index (Phi) is 3.31. The molecular weight excluding hydrogens is 300 g/mol. The summed E-state index contributed by atoms with van der Waals surface area (Å²) in [7, 11) is -3.66. The van der Waals surface area contributed by atoms with Crippen molar-refractivity contribution in [2.24, 2.45) is 0 Å². The van der Waals surface area contributed by atoms with Crippen LogP contribution < -0.4 is 4.87 Å². The number of nitrogens with zero attached hydrogens (tertiary/aromatic N) is 1. The Morgan fingerprint density at radius 2 is 2.25 bits per heavy atom. The van der Waals surface area contributed by atoms with Crippen LogP contribution in [-0.4, -0.2) is 23.7 Å². The van der Waals surface area contributed by atoms with E-state index in [2.05, 4.69) is 4.98 Å². The molecular formula is C12H14N2O4S2. The maximum atomic E-state index is 12.7. The minimum atomic E-state index is -3.66. The molecule has 0 bridgehead atoms. The molecule has 8 heteroatoms. The van der Waals surface area contributed by atoms with Gasteiger partial charge in [-0.15, -0.1) is 0 Å². The molecule has 0 spiro atoms. The van der Waals surface area contributed by atoms with Crippen molar-refractivity contribution in [1.29, 1.82) is 0 Å². The van der Waals surface area contributed by atoms with Crippen LogP contribution in [0.3, 0.4) is 0 Å². The van der Waals surface area contributed by atoms with Crippen LogP contribution >= 0.6 is 11.3 Å². The number of sulfonamides is 1. The molecule has 2 aromatic heterocycles. The molecule has 1 saturated carbocycles. The number of aryl methyl sites for hydroxylation is 1. The van der Waals surface area contributed by atoms with E-state index in [1.54, 1.807) is 19.1 Å². The lowest BCUT2D eigenvalue weighted by atomic mass is 10.4. The van der Waals surface area contributed by atoms with Gasteiger partial charge in [-0.3, -0.25) is 4.79 Å². The maximum absolute atomic E-state index is 12.7.